The number of benzene rings is 1. The predicted octanol–water partition coefficient (Wildman–Crippen LogP) is 3.31. The highest BCUT2D eigenvalue weighted by atomic mass is 16.7. The fourth-order valence-electron chi connectivity index (χ4n) is 4.37. The fourth-order valence-corrected chi connectivity index (χ4v) is 4.37. The Balaban J connectivity index is 1.51. The first-order valence-electron chi connectivity index (χ1n) is 11.5. The summed E-state index contributed by atoms with van der Waals surface area (Å²) in [6, 6.07) is 4.44. The van der Waals surface area contributed by atoms with Gasteiger partial charge in [-0.2, -0.15) is 0 Å². The van der Waals surface area contributed by atoms with Crippen LogP contribution in [-0.4, -0.2) is 46.5 Å². The van der Waals surface area contributed by atoms with Crippen LogP contribution in [0.5, 0.6) is 0 Å². The third kappa shape index (κ3) is 4.54. The minimum Gasteiger partial charge on any atom is -0.446 e. The Kier molecular flexibility index (Phi) is 6.07. The van der Waals surface area contributed by atoms with Crippen LogP contribution in [0.1, 0.15) is 65.9 Å². The number of aromatic nitrogens is 2. The molecule has 1 saturated carbocycles. The van der Waals surface area contributed by atoms with E-state index in [4.69, 9.17) is 24.8 Å². The molecule has 3 N–H and O–H groups in total. The van der Waals surface area contributed by atoms with Gasteiger partial charge < -0.3 is 25.1 Å². The summed E-state index contributed by atoms with van der Waals surface area (Å²) >= 11 is 0. The molecule has 172 valence electrons. The summed E-state index contributed by atoms with van der Waals surface area (Å²) in [4.78, 5) is 20.3. The van der Waals surface area contributed by atoms with Gasteiger partial charge in [-0.1, -0.05) is 19.1 Å². The minimum atomic E-state index is -0.703. The van der Waals surface area contributed by atoms with Crippen LogP contribution in [0.2, 0.25) is 0 Å². The standard InChI is InChI=1S/C23H33BN4O4/c1-6-14-11-16(24-31-22(2,3)23(4,5)32-24)12-15-13-26-21(28-19(14)15)27-17-7-9-18(10-8-17)30-20(25)29/h11-13,17-18H,6-10H2,1-5H3,(H2,25,29)(H,26,27,28)/t17-,18-. The number of nitrogens with two attached hydrogens (primary N) is 1. The van der Waals surface area contributed by atoms with Gasteiger partial charge in [0.25, 0.3) is 0 Å². The van der Waals surface area contributed by atoms with E-state index in [0.29, 0.717) is 5.95 Å². The number of carbonyl (C=O) groups excluding carboxylic acids is 1. The molecule has 9 heteroatoms. The SMILES string of the molecule is CCc1cc(B2OC(C)(C)C(C)(C)O2)cc2cnc(N[C@H]3CC[C@H](OC(N)=O)CC3)nc12. The third-order valence-corrected chi connectivity index (χ3v) is 6.98. The van der Waals surface area contributed by atoms with Gasteiger partial charge in [0.1, 0.15) is 6.10 Å². The van der Waals surface area contributed by atoms with Gasteiger partial charge in [-0.05, 0) is 70.8 Å². The maximum atomic E-state index is 10.9. The smallest absolute Gasteiger partial charge is 0.446 e. The molecule has 0 spiro atoms. The average molecular weight is 440 g/mol. The quantitative estimate of drug-likeness (QED) is 0.687. The molecule has 2 aliphatic rings. The lowest BCUT2D eigenvalue weighted by atomic mass is 9.77. The van der Waals surface area contributed by atoms with Crippen molar-refractivity contribution in [2.75, 3.05) is 5.32 Å². The van der Waals surface area contributed by atoms with Crippen molar-refractivity contribution in [1.82, 2.24) is 9.97 Å². The van der Waals surface area contributed by atoms with E-state index in [2.05, 4.69) is 57.1 Å². The maximum Gasteiger partial charge on any atom is 0.494 e. The number of nitrogens with one attached hydrogen (secondary N) is 1. The van der Waals surface area contributed by atoms with E-state index in [1.807, 2.05) is 6.20 Å². The van der Waals surface area contributed by atoms with Crippen LogP contribution >= 0.6 is 0 Å². The molecular formula is C23H33BN4O4. The first kappa shape index (κ1) is 22.8. The van der Waals surface area contributed by atoms with Crippen LogP contribution in [0.25, 0.3) is 10.9 Å². The molecule has 1 aliphatic heterocycles. The van der Waals surface area contributed by atoms with Crippen molar-refractivity contribution in [3.8, 4) is 0 Å². The molecule has 8 nitrogen and oxygen atoms in total. The van der Waals surface area contributed by atoms with Crippen molar-refractivity contribution in [3.63, 3.8) is 0 Å². The second-order valence-corrected chi connectivity index (χ2v) is 9.81. The van der Waals surface area contributed by atoms with E-state index in [-0.39, 0.29) is 23.3 Å². The number of anilines is 1. The molecule has 0 radical (unpaired) electrons. The van der Waals surface area contributed by atoms with E-state index >= 15 is 0 Å². The maximum absolute atomic E-state index is 10.9. The zero-order valence-corrected chi connectivity index (χ0v) is 19.6. The number of fused-ring (bicyclic) bond motifs is 1. The number of amides is 1. The van der Waals surface area contributed by atoms with Gasteiger partial charge >= 0.3 is 13.2 Å². The fraction of sp³-hybridized carbons (Fsp3) is 0.609. The summed E-state index contributed by atoms with van der Waals surface area (Å²) < 4.78 is 17.6. The molecule has 2 heterocycles. The van der Waals surface area contributed by atoms with Gasteiger partial charge in [-0.25, -0.2) is 14.8 Å². The van der Waals surface area contributed by atoms with Gasteiger partial charge in [-0.3, -0.25) is 0 Å². The van der Waals surface area contributed by atoms with E-state index in [1.54, 1.807) is 0 Å². The van der Waals surface area contributed by atoms with Crippen LogP contribution < -0.4 is 16.5 Å². The molecule has 2 fully saturated rings. The molecule has 0 atom stereocenters. The molecule has 0 bridgehead atoms. The molecular weight excluding hydrogens is 407 g/mol. The van der Waals surface area contributed by atoms with Crippen molar-refractivity contribution in [2.24, 2.45) is 5.73 Å². The number of ether oxygens (including phenoxy) is 1. The van der Waals surface area contributed by atoms with E-state index in [9.17, 15) is 4.79 Å². The van der Waals surface area contributed by atoms with Crippen molar-refractivity contribution >= 4 is 35.5 Å². The third-order valence-electron chi connectivity index (χ3n) is 6.98. The normalized spacial score (nSPS) is 24.5. The first-order chi connectivity index (χ1) is 15.1. The highest BCUT2D eigenvalue weighted by Gasteiger charge is 2.51. The number of nitrogens with zero attached hydrogens (tertiary/aromatic N) is 2. The highest BCUT2D eigenvalue weighted by molar-refractivity contribution is 6.62. The Morgan fingerprint density at radius 3 is 2.44 bits per heavy atom. The highest BCUT2D eigenvalue weighted by Crippen LogP contribution is 2.36. The lowest BCUT2D eigenvalue weighted by Gasteiger charge is -2.32. The van der Waals surface area contributed by atoms with Crippen LogP contribution in [0.4, 0.5) is 10.7 Å². The molecule has 1 aliphatic carbocycles. The summed E-state index contributed by atoms with van der Waals surface area (Å²) in [7, 11) is -0.412. The lowest BCUT2D eigenvalue weighted by Crippen LogP contribution is -2.41. The summed E-state index contributed by atoms with van der Waals surface area (Å²) in [5, 5.41) is 4.42. The zero-order chi connectivity index (χ0) is 23.1. The van der Waals surface area contributed by atoms with Crippen molar-refractivity contribution in [2.45, 2.75) is 90.1 Å². The molecule has 0 unspecified atom stereocenters. The van der Waals surface area contributed by atoms with Gasteiger partial charge in [0.05, 0.1) is 16.7 Å². The van der Waals surface area contributed by atoms with Gasteiger partial charge in [0, 0.05) is 17.6 Å². The van der Waals surface area contributed by atoms with Crippen molar-refractivity contribution in [1.29, 1.82) is 0 Å². The molecule has 2 aromatic rings. The van der Waals surface area contributed by atoms with Gasteiger partial charge in [-0.15, -0.1) is 0 Å². The Bertz CT molecular complexity index is 989. The topological polar surface area (TPSA) is 109 Å². The minimum absolute atomic E-state index is 0.0943. The van der Waals surface area contributed by atoms with Crippen LogP contribution in [-0.2, 0) is 20.5 Å². The first-order valence-corrected chi connectivity index (χ1v) is 11.5. The number of aryl methyl sites for hydroxylation is 1. The summed E-state index contributed by atoms with van der Waals surface area (Å²) in [5.41, 5.74) is 7.42. The second kappa shape index (κ2) is 8.52. The Hall–Kier alpha value is -2.39. The molecule has 1 aromatic heterocycles. The number of carbonyl (C=O) groups is 1. The zero-order valence-electron chi connectivity index (χ0n) is 19.6. The number of rotatable bonds is 5. The van der Waals surface area contributed by atoms with E-state index in [0.717, 1.165) is 54.0 Å². The largest absolute Gasteiger partial charge is 0.494 e. The Morgan fingerprint density at radius 1 is 1.19 bits per heavy atom. The summed E-state index contributed by atoms with van der Waals surface area (Å²) in [6.45, 7) is 10.4. The number of hydrogen-bond donors (Lipinski definition) is 2. The summed E-state index contributed by atoms with van der Waals surface area (Å²) in [5.74, 6) is 0.620. The molecule has 4 rings (SSSR count). The van der Waals surface area contributed by atoms with Crippen molar-refractivity contribution in [3.05, 3.63) is 23.9 Å². The molecule has 1 amide bonds. The van der Waals surface area contributed by atoms with E-state index in [1.165, 1.54) is 0 Å². The van der Waals surface area contributed by atoms with Crippen LogP contribution in [0.15, 0.2) is 18.3 Å². The molecule has 1 saturated heterocycles. The summed E-state index contributed by atoms with van der Waals surface area (Å²) in [6.07, 6.45) is 5.23. The van der Waals surface area contributed by atoms with Crippen LogP contribution in [0.3, 0.4) is 0 Å². The monoisotopic (exact) mass is 440 g/mol. The Morgan fingerprint density at radius 2 is 1.84 bits per heavy atom. The number of primary amides is 1. The van der Waals surface area contributed by atoms with Crippen LogP contribution in [0, 0.1) is 0 Å². The van der Waals surface area contributed by atoms with Crippen molar-refractivity contribution < 1.29 is 18.8 Å². The van der Waals surface area contributed by atoms with E-state index < -0.39 is 13.2 Å². The number of hydrogen-bond acceptors (Lipinski definition) is 7. The molecule has 32 heavy (non-hydrogen) atoms. The van der Waals surface area contributed by atoms with Gasteiger partial charge in [0.2, 0.25) is 5.95 Å². The average Bonchev–Trinajstić information content (AvgIpc) is 2.95. The molecule has 1 aromatic carbocycles. The predicted molar refractivity (Wildman–Crippen MR) is 125 cm³/mol. The lowest BCUT2D eigenvalue weighted by molar-refractivity contribution is 0.00578. The second-order valence-electron chi connectivity index (χ2n) is 9.81. The van der Waals surface area contributed by atoms with Gasteiger partial charge in [0.15, 0.2) is 0 Å². The Labute approximate surface area is 189 Å².